The molecule has 17 heavy (non-hydrogen) atoms. The van der Waals surface area contributed by atoms with Gasteiger partial charge in [-0.15, -0.1) is 0 Å². The molecule has 0 aliphatic heterocycles. The summed E-state index contributed by atoms with van der Waals surface area (Å²) in [4.78, 5) is 11.3. The lowest BCUT2D eigenvalue weighted by Crippen LogP contribution is -2.45. The summed E-state index contributed by atoms with van der Waals surface area (Å²) in [7, 11) is -3.38. The van der Waals surface area contributed by atoms with Crippen molar-refractivity contribution in [3.8, 4) is 0 Å². The van der Waals surface area contributed by atoms with E-state index in [1.165, 1.54) is 0 Å². The largest absolute Gasteiger partial charge is 0.481 e. The van der Waals surface area contributed by atoms with Gasteiger partial charge in [0.25, 0.3) is 0 Å². The van der Waals surface area contributed by atoms with E-state index in [9.17, 15) is 18.3 Å². The van der Waals surface area contributed by atoms with Gasteiger partial charge in [0.2, 0.25) is 10.0 Å². The minimum Gasteiger partial charge on any atom is -0.481 e. The van der Waals surface area contributed by atoms with Crippen LogP contribution in [-0.4, -0.2) is 31.3 Å². The Kier molecular flexibility index (Phi) is 4.55. The Labute approximate surface area is 103 Å². The molecule has 0 heterocycles. The number of sulfonamides is 1. The lowest BCUT2D eigenvalue weighted by atomic mass is 9.74. The molecule has 0 spiro atoms. The molecular formula is C11H21NO4S. The van der Waals surface area contributed by atoms with Crippen LogP contribution in [-0.2, 0) is 14.8 Å². The number of rotatable bonds is 5. The van der Waals surface area contributed by atoms with Gasteiger partial charge in [0.1, 0.15) is 0 Å². The number of carboxylic acids is 1. The van der Waals surface area contributed by atoms with Gasteiger partial charge >= 0.3 is 5.97 Å². The summed E-state index contributed by atoms with van der Waals surface area (Å²) < 4.78 is 25.7. The fourth-order valence-electron chi connectivity index (χ4n) is 2.10. The first-order valence-corrected chi connectivity index (χ1v) is 7.57. The van der Waals surface area contributed by atoms with Crippen LogP contribution in [0.25, 0.3) is 0 Å². The van der Waals surface area contributed by atoms with Gasteiger partial charge < -0.3 is 5.11 Å². The smallest absolute Gasteiger partial charge is 0.310 e. The van der Waals surface area contributed by atoms with Crippen molar-refractivity contribution in [1.29, 1.82) is 0 Å². The van der Waals surface area contributed by atoms with Crippen LogP contribution in [0, 0.1) is 5.41 Å². The molecule has 0 radical (unpaired) electrons. The predicted octanol–water partition coefficient (Wildman–Crippen LogP) is 1.35. The van der Waals surface area contributed by atoms with E-state index in [-0.39, 0.29) is 6.54 Å². The molecule has 1 saturated carbocycles. The van der Waals surface area contributed by atoms with Gasteiger partial charge in [-0.2, -0.15) is 0 Å². The van der Waals surface area contributed by atoms with Gasteiger partial charge in [0.05, 0.1) is 10.7 Å². The van der Waals surface area contributed by atoms with Gasteiger partial charge in [-0.3, -0.25) is 4.79 Å². The first-order chi connectivity index (χ1) is 7.80. The van der Waals surface area contributed by atoms with E-state index in [0.29, 0.717) is 12.8 Å². The standard InChI is InChI=1S/C11H21NO4S/c1-9(2)17(15,16)12-8-11(10(13)14)6-4-3-5-7-11/h9,12H,3-8H2,1-2H3,(H,13,14). The Morgan fingerprint density at radius 2 is 1.82 bits per heavy atom. The third-order valence-electron chi connectivity index (χ3n) is 3.50. The van der Waals surface area contributed by atoms with Crippen molar-refractivity contribution < 1.29 is 18.3 Å². The fourth-order valence-corrected chi connectivity index (χ4v) is 2.91. The van der Waals surface area contributed by atoms with E-state index >= 15 is 0 Å². The van der Waals surface area contributed by atoms with E-state index in [1.54, 1.807) is 13.8 Å². The predicted molar refractivity (Wildman–Crippen MR) is 65.2 cm³/mol. The first kappa shape index (κ1) is 14.4. The highest BCUT2D eigenvalue weighted by Gasteiger charge is 2.40. The van der Waals surface area contributed by atoms with Crippen molar-refractivity contribution in [2.24, 2.45) is 5.41 Å². The average Bonchev–Trinajstić information content (AvgIpc) is 2.27. The molecule has 1 fully saturated rings. The van der Waals surface area contributed by atoms with Gasteiger partial charge in [-0.1, -0.05) is 19.3 Å². The van der Waals surface area contributed by atoms with Crippen molar-refractivity contribution in [3.63, 3.8) is 0 Å². The van der Waals surface area contributed by atoms with Gasteiger partial charge in [0, 0.05) is 6.54 Å². The Balaban J connectivity index is 2.72. The van der Waals surface area contributed by atoms with Crippen LogP contribution in [0.3, 0.4) is 0 Å². The lowest BCUT2D eigenvalue weighted by molar-refractivity contribution is -0.150. The van der Waals surface area contributed by atoms with E-state index < -0.39 is 26.7 Å². The lowest BCUT2D eigenvalue weighted by Gasteiger charge is -2.33. The van der Waals surface area contributed by atoms with Crippen molar-refractivity contribution in [1.82, 2.24) is 4.72 Å². The van der Waals surface area contributed by atoms with E-state index in [0.717, 1.165) is 19.3 Å². The Morgan fingerprint density at radius 3 is 2.24 bits per heavy atom. The maximum Gasteiger partial charge on any atom is 0.310 e. The molecule has 1 aliphatic rings. The van der Waals surface area contributed by atoms with Crippen LogP contribution in [0.15, 0.2) is 0 Å². The highest BCUT2D eigenvalue weighted by molar-refractivity contribution is 7.90. The number of hydrogen-bond donors (Lipinski definition) is 2. The molecule has 0 bridgehead atoms. The summed E-state index contributed by atoms with van der Waals surface area (Å²) in [6.07, 6.45) is 3.86. The molecule has 100 valence electrons. The molecule has 0 aromatic heterocycles. The third-order valence-corrected chi connectivity index (χ3v) is 5.28. The Hall–Kier alpha value is -0.620. The molecule has 0 atom stereocenters. The zero-order chi connectivity index (χ0) is 13.1. The summed E-state index contributed by atoms with van der Waals surface area (Å²) >= 11 is 0. The van der Waals surface area contributed by atoms with Crippen molar-refractivity contribution >= 4 is 16.0 Å². The second kappa shape index (κ2) is 5.35. The topological polar surface area (TPSA) is 83.5 Å². The van der Waals surface area contributed by atoms with E-state index in [2.05, 4.69) is 4.72 Å². The highest BCUT2D eigenvalue weighted by Crippen LogP contribution is 2.36. The quantitative estimate of drug-likeness (QED) is 0.784. The SMILES string of the molecule is CC(C)S(=O)(=O)NCC1(C(=O)O)CCCCC1. The fraction of sp³-hybridized carbons (Fsp3) is 0.909. The van der Waals surface area contributed by atoms with Gasteiger partial charge in [-0.05, 0) is 26.7 Å². The molecule has 0 aromatic rings. The van der Waals surface area contributed by atoms with E-state index in [1.807, 2.05) is 0 Å². The number of hydrogen-bond acceptors (Lipinski definition) is 3. The maximum atomic E-state index is 11.6. The molecule has 1 rings (SSSR count). The molecule has 0 amide bonds. The Bertz CT molecular complexity index is 369. The minimum absolute atomic E-state index is 0.0167. The van der Waals surface area contributed by atoms with Crippen molar-refractivity contribution in [2.45, 2.75) is 51.2 Å². The Morgan fingerprint density at radius 1 is 1.29 bits per heavy atom. The zero-order valence-electron chi connectivity index (χ0n) is 10.4. The first-order valence-electron chi connectivity index (χ1n) is 6.02. The second-order valence-corrected chi connectivity index (χ2v) is 7.38. The zero-order valence-corrected chi connectivity index (χ0v) is 11.2. The number of aliphatic carboxylic acids is 1. The normalized spacial score (nSPS) is 20.4. The summed E-state index contributed by atoms with van der Waals surface area (Å²) in [5.74, 6) is -0.886. The molecule has 2 N–H and O–H groups in total. The molecule has 6 heteroatoms. The van der Waals surface area contributed by atoms with Crippen LogP contribution in [0.1, 0.15) is 46.0 Å². The molecule has 0 unspecified atom stereocenters. The van der Waals surface area contributed by atoms with Crippen LogP contribution in [0.5, 0.6) is 0 Å². The molecular weight excluding hydrogens is 242 g/mol. The molecule has 0 aromatic carbocycles. The number of nitrogens with one attached hydrogen (secondary N) is 1. The van der Waals surface area contributed by atoms with Crippen molar-refractivity contribution in [3.05, 3.63) is 0 Å². The highest BCUT2D eigenvalue weighted by atomic mass is 32.2. The monoisotopic (exact) mass is 263 g/mol. The summed E-state index contributed by atoms with van der Waals surface area (Å²) in [6.45, 7) is 3.18. The van der Waals surface area contributed by atoms with Crippen LogP contribution in [0.2, 0.25) is 0 Å². The number of carbonyl (C=O) groups is 1. The number of carboxylic acid groups (broad SMARTS) is 1. The van der Waals surface area contributed by atoms with Crippen molar-refractivity contribution in [2.75, 3.05) is 6.54 Å². The van der Waals surface area contributed by atoms with Gasteiger partial charge in [-0.25, -0.2) is 13.1 Å². The van der Waals surface area contributed by atoms with Crippen LogP contribution in [0.4, 0.5) is 0 Å². The second-order valence-electron chi connectivity index (χ2n) is 5.06. The van der Waals surface area contributed by atoms with Crippen LogP contribution >= 0.6 is 0 Å². The molecule has 0 saturated heterocycles. The van der Waals surface area contributed by atoms with E-state index in [4.69, 9.17) is 0 Å². The van der Waals surface area contributed by atoms with Crippen LogP contribution < -0.4 is 4.72 Å². The molecule has 5 nitrogen and oxygen atoms in total. The maximum absolute atomic E-state index is 11.6. The third kappa shape index (κ3) is 3.42. The molecule has 1 aliphatic carbocycles. The van der Waals surface area contributed by atoms with Gasteiger partial charge in [0.15, 0.2) is 0 Å². The summed E-state index contributed by atoms with van der Waals surface area (Å²) in [5, 5.41) is 8.76. The average molecular weight is 263 g/mol. The minimum atomic E-state index is -3.38. The summed E-state index contributed by atoms with van der Waals surface area (Å²) in [5.41, 5.74) is -0.903. The summed E-state index contributed by atoms with van der Waals surface area (Å²) in [6, 6.07) is 0.